The van der Waals surface area contributed by atoms with Crippen molar-refractivity contribution < 1.29 is 4.55 Å². The van der Waals surface area contributed by atoms with Crippen LogP contribution in [0.5, 0.6) is 0 Å². The van der Waals surface area contributed by atoms with Crippen LogP contribution in [0, 0.1) is 10.8 Å². The molecule has 1 aromatic carbocycles. The second-order valence-corrected chi connectivity index (χ2v) is 8.32. The van der Waals surface area contributed by atoms with E-state index in [1.54, 1.807) is 24.4 Å². The highest BCUT2D eigenvalue weighted by molar-refractivity contribution is 7.92. The Bertz CT molecular complexity index is 967. The van der Waals surface area contributed by atoms with Gasteiger partial charge in [-0.05, 0) is 42.0 Å². The maximum Gasteiger partial charge on any atom is 0.180 e. The molecule has 0 amide bonds. The lowest BCUT2D eigenvalue weighted by atomic mass is 10.0. The van der Waals surface area contributed by atoms with Crippen molar-refractivity contribution in [2.45, 2.75) is 4.90 Å². The minimum atomic E-state index is -1.38. The highest BCUT2D eigenvalue weighted by Gasteiger charge is 2.20. The molecule has 1 aliphatic carbocycles. The molecule has 30 heavy (non-hydrogen) atoms. The van der Waals surface area contributed by atoms with Gasteiger partial charge in [0.25, 0.3) is 0 Å². The number of allylic oxidation sites excluding steroid dienone is 2. The van der Waals surface area contributed by atoms with Gasteiger partial charge < -0.3 is 9.45 Å². The van der Waals surface area contributed by atoms with Crippen molar-refractivity contribution in [2.75, 3.05) is 42.3 Å². The van der Waals surface area contributed by atoms with E-state index in [9.17, 15) is 4.55 Å². The van der Waals surface area contributed by atoms with Gasteiger partial charge in [-0.2, -0.15) is 4.72 Å². The summed E-state index contributed by atoms with van der Waals surface area (Å²) in [5.41, 5.74) is 2.73. The van der Waals surface area contributed by atoms with Crippen LogP contribution < -0.4 is 9.62 Å². The summed E-state index contributed by atoms with van der Waals surface area (Å²) in [5.74, 6) is 0.526. The lowest BCUT2D eigenvalue weighted by Gasteiger charge is -2.36. The molecular formula is C21H23N7OS. The molecule has 2 aromatic rings. The minimum absolute atomic E-state index is 0.264. The van der Waals surface area contributed by atoms with Crippen molar-refractivity contribution in [1.29, 1.82) is 10.8 Å². The molecule has 0 saturated carbocycles. The molecule has 4 rings (SSSR count). The molecule has 2 heterocycles. The Kier molecular flexibility index (Phi) is 6.22. The Balaban J connectivity index is 1.29. The van der Waals surface area contributed by atoms with E-state index in [0.717, 1.165) is 44.0 Å². The van der Waals surface area contributed by atoms with Gasteiger partial charge in [-0.25, -0.2) is 9.97 Å². The van der Waals surface area contributed by atoms with Gasteiger partial charge in [-0.1, -0.05) is 6.08 Å². The molecule has 0 bridgehead atoms. The van der Waals surface area contributed by atoms with Crippen LogP contribution in [-0.2, 0) is 11.4 Å². The van der Waals surface area contributed by atoms with Gasteiger partial charge in [0.2, 0.25) is 0 Å². The Morgan fingerprint density at radius 3 is 2.43 bits per heavy atom. The summed E-state index contributed by atoms with van der Waals surface area (Å²) in [5, 5.41) is 15.4. The van der Waals surface area contributed by atoms with Gasteiger partial charge >= 0.3 is 0 Å². The van der Waals surface area contributed by atoms with Crippen LogP contribution in [0.25, 0.3) is 0 Å². The zero-order valence-corrected chi connectivity index (χ0v) is 17.2. The molecule has 1 atom stereocenters. The van der Waals surface area contributed by atoms with Gasteiger partial charge in [0.05, 0.1) is 11.4 Å². The van der Waals surface area contributed by atoms with Crippen LogP contribution in [0.2, 0.25) is 0 Å². The number of rotatable bonds is 6. The lowest BCUT2D eigenvalue weighted by molar-refractivity contribution is 0.280. The van der Waals surface area contributed by atoms with E-state index in [1.807, 2.05) is 30.3 Å². The topological polar surface area (TPSA) is 115 Å². The second kappa shape index (κ2) is 9.21. The SMILES string of the molecule is N=C1C=CC(CN2CCN(c3ccc([S+]([O-])Nc4ccncn4)cc3)CC2)=CC1=N. The number of piperazine rings is 1. The summed E-state index contributed by atoms with van der Waals surface area (Å²) in [6, 6.07) is 9.44. The fourth-order valence-electron chi connectivity index (χ4n) is 3.40. The van der Waals surface area contributed by atoms with E-state index in [-0.39, 0.29) is 11.4 Å². The molecule has 0 spiro atoms. The Labute approximate surface area is 178 Å². The van der Waals surface area contributed by atoms with Gasteiger partial charge in [-0.15, -0.1) is 0 Å². The monoisotopic (exact) mass is 421 g/mol. The second-order valence-electron chi connectivity index (χ2n) is 7.10. The van der Waals surface area contributed by atoms with E-state index in [0.29, 0.717) is 10.7 Å². The average Bonchev–Trinajstić information content (AvgIpc) is 2.78. The van der Waals surface area contributed by atoms with E-state index >= 15 is 0 Å². The van der Waals surface area contributed by atoms with E-state index in [1.165, 1.54) is 6.33 Å². The fraction of sp³-hybridized carbons (Fsp3) is 0.238. The standard InChI is InChI=1S/C21H23N7OS/c22-19-6-1-16(13-20(19)23)14-27-9-11-28(12-10-27)17-2-4-18(5-3-17)30(29)26-21-7-8-24-15-25-21/h1-8,13,15,22-23H,9-12,14H2,(H,24,25,26). The van der Waals surface area contributed by atoms with Crippen molar-refractivity contribution in [3.63, 3.8) is 0 Å². The number of anilines is 2. The number of benzene rings is 1. The molecule has 1 saturated heterocycles. The third-order valence-electron chi connectivity index (χ3n) is 5.06. The first kappa shape index (κ1) is 20.3. The molecule has 9 heteroatoms. The lowest BCUT2D eigenvalue weighted by Crippen LogP contribution is -2.47. The molecule has 1 aliphatic heterocycles. The molecule has 2 aliphatic rings. The molecule has 1 fully saturated rings. The van der Waals surface area contributed by atoms with Crippen LogP contribution in [0.15, 0.2) is 71.6 Å². The van der Waals surface area contributed by atoms with Crippen molar-refractivity contribution in [3.8, 4) is 0 Å². The first-order valence-electron chi connectivity index (χ1n) is 9.66. The number of nitrogens with zero attached hydrogens (tertiary/aromatic N) is 4. The van der Waals surface area contributed by atoms with E-state index in [2.05, 4.69) is 24.5 Å². The van der Waals surface area contributed by atoms with Crippen molar-refractivity contribution in [1.82, 2.24) is 14.9 Å². The Morgan fingerprint density at radius 2 is 1.77 bits per heavy atom. The quantitative estimate of drug-likeness (QED) is 0.487. The highest BCUT2D eigenvalue weighted by Crippen LogP contribution is 2.21. The van der Waals surface area contributed by atoms with Crippen LogP contribution >= 0.6 is 0 Å². The van der Waals surface area contributed by atoms with Crippen molar-refractivity contribution >= 4 is 34.3 Å². The maximum absolute atomic E-state index is 12.5. The Hall–Kier alpha value is -3.01. The Morgan fingerprint density at radius 1 is 1.00 bits per heavy atom. The summed E-state index contributed by atoms with van der Waals surface area (Å²) in [7, 11) is 0. The van der Waals surface area contributed by atoms with Crippen LogP contribution in [-0.4, -0.2) is 63.6 Å². The molecule has 0 radical (unpaired) electrons. The molecule has 1 unspecified atom stereocenters. The zero-order valence-electron chi connectivity index (χ0n) is 16.4. The van der Waals surface area contributed by atoms with Crippen molar-refractivity contribution in [2.24, 2.45) is 0 Å². The predicted octanol–water partition coefficient (Wildman–Crippen LogP) is 2.27. The molecule has 3 N–H and O–H groups in total. The van der Waals surface area contributed by atoms with Gasteiger partial charge in [0.15, 0.2) is 10.7 Å². The molecular weight excluding hydrogens is 398 g/mol. The van der Waals surface area contributed by atoms with Gasteiger partial charge in [0.1, 0.15) is 17.7 Å². The number of hydrogen-bond donors (Lipinski definition) is 3. The van der Waals surface area contributed by atoms with E-state index in [4.69, 9.17) is 10.8 Å². The number of aromatic nitrogens is 2. The van der Waals surface area contributed by atoms with Crippen molar-refractivity contribution in [3.05, 3.63) is 66.7 Å². The first-order chi connectivity index (χ1) is 14.6. The minimum Gasteiger partial charge on any atom is -0.588 e. The molecule has 8 nitrogen and oxygen atoms in total. The maximum atomic E-state index is 12.5. The largest absolute Gasteiger partial charge is 0.588 e. The average molecular weight is 422 g/mol. The summed E-state index contributed by atoms with van der Waals surface area (Å²) in [4.78, 5) is 13.3. The third-order valence-corrected chi connectivity index (χ3v) is 6.15. The molecule has 1 aromatic heterocycles. The fourth-order valence-corrected chi connectivity index (χ4v) is 4.21. The smallest absolute Gasteiger partial charge is 0.180 e. The van der Waals surface area contributed by atoms with Crippen LogP contribution in [0.4, 0.5) is 11.5 Å². The number of nitrogens with one attached hydrogen (secondary N) is 3. The zero-order chi connectivity index (χ0) is 20.9. The van der Waals surface area contributed by atoms with Gasteiger partial charge in [0, 0.05) is 50.7 Å². The van der Waals surface area contributed by atoms with Crippen LogP contribution in [0.3, 0.4) is 0 Å². The highest BCUT2D eigenvalue weighted by atomic mass is 32.2. The number of hydrogen-bond acceptors (Lipinski definition) is 8. The predicted molar refractivity (Wildman–Crippen MR) is 120 cm³/mol. The summed E-state index contributed by atoms with van der Waals surface area (Å²) in [6.45, 7) is 4.47. The van der Waals surface area contributed by atoms with E-state index < -0.39 is 11.4 Å². The normalized spacial score (nSPS) is 18.3. The third kappa shape index (κ3) is 4.93. The summed E-state index contributed by atoms with van der Waals surface area (Å²) >= 11 is -1.38. The van der Waals surface area contributed by atoms with Crippen LogP contribution in [0.1, 0.15) is 0 Å². The summed E-state index contributed by atoms with van der Waals surface area (Å²) < 4.78 is 15.3. The first-order valence-corrected chi connectivity index (χ1v) is 10.8. The molecule has 154 valence electrons. The van der Waals surface area contributed by atoms with Gasteiger partial charge in [-0.3, -0.25) is 15.7 Å². The summed E-state index contributed by atoms with van der Waals surface area (Å²) in [6.07, 6.45) is 8.42.